The number of rotatable bonds is 5. The molecule has 9 heteroatoms. The summed E-state index contributed by atoms with van der Waals surface area (Å²) in [4.78, 5) is 12.2. The second kappa shape index (κ2) is 8.72. The first-order valence-electron chi connectivity index (χ1n) is 11.1. The Morgan fingerprint density at radius 2 is 1.97 bits per heavy atom. The molecule has 2 aromatic heterocycles. The summed E-state index contributed by atoms with van der Waals surface area (Å²) >= 11 is 1.60. The number of nitrogens with zero attached hydrogens (tertiary/aromatic N) is 5. The molecular formula is C21H31N7OS. The van der Waals surface area contributed by atoms with Crippen LogP contribution in [0.15, 0.2) is 17.4 Å². The molecule has 0 bridgehead atoms. The molecule has 2 fully saturated rings. The molecule has 0 amide bonds. The van der Waals surface area contributed by atoms with Crippen LogP contribution in [0.4, 0.5) is 17.5 Å². The van der Waals surface area contributed by atoms with Gasteiger partial charge in [-0.3, -0.25) is 9.40 Å². The molecule has 1 saturated carbocycles. The van der Waals surface area contributed by atoms with Crippen molar-refractivity contribution in [1.82, 2.24) is 24.5 Å². The van der Waals surface area contributed by atoms with E-state index in [4.69, 9.17) is 14.7 Å². The maximum atomic E-state index is 5.47. The molecule has 30 heavy (non-hydrogen) atoms. The van der Waals surface area contributed by atoms with Crippen LogP contribution >= 0.6 is 11.9 Å². The van der Waals surface area contributed by atoms with Gasteiger partial charge in [-0.25, -0.2) is 4.98 Å². The average molecular weight is 430 g/mol. The zero-order valence-electron chi connectivity index (χ0n) is 17.8. The molecule has 1 unspecified atom stereocenters. The van der Waals surface area contributed by atoms with E-state index in [-0.39, 0.29) is 6.04 Å². The summed E-state index contributed by atoms with van der Waals surface area (Å²) in [6.07, 6.45) is 12.4. The molecule has 2 aliphatic heterocycles. The highest BCUT2D eigenvalue weighted by Gasteiger charge is 2.30. The van der Waals surface area contributed by atoms with Crippen LogP contribution in [0.25, 0.3) is 0 Å². The van der Waals surface area contributed by atoms with Gasteiger partial charge in [0.05, 0.1) is 17.9 Å². The zero-order chi connectivity index (χ0) is 20.5. The fraction of sp³-hybridized carbons (Fsp3) is 0.667. The standard InChI is InChI=1S/C21H31N7OS/c1-14-18-19(27(2)16-6-4-3-5-7-16)24-21(25-20(18)30-26-14)23-15-12-22-28(13-15)17-8-10-29-11-9-17/h12-14,16-17,26H,3-11H2,1-2H3,(H,23,24,25). The molecule has 1 atom stereocenters. The summed E-state index contributed by atoms with van der Waals surface area (Å²) in [6.45, 7) is 3.80. The highest BCUT2D eigenvalue weighted by Crippen LogP contribution is 2.41. The van der Waals surface area contributed by atoms with Crippen LogP contribution in [0.2, 0.25) is 0 Å². The number of hydrogen-bond donors (Lipinski definition) is 2. The summed E-state index contributed by atoms with van der Waals surface area (Å²) in [7, 11) is 2.20. The SMILES string of the molecule is CC1NSc2nc(Nc3cnn(C4CCOCC4)c3)nc(N(C)C3CCCCC3)c21. The van der Waals surface area contributed by atoms with Gasteiger partial charge < -0.3 is 15.0 Å². The van der Waals surface area contributed by atoms with Crippen molar-refractivity contribution in [3.05, 3.63) is 18.0 Å². The molecule has 162 valence electrons. The lowest BCUT2D eigenvalue weighted by molar-refractivity contribution is 0.0662. The first-order valence-corrected chi connectivity index (χ1v) is 12.0. The monoisotopic (exact) mass is 429 g/mol. The van der Waals surface area contributed by atoms with Gasteiger partial charge in [-0.2, -0.15) is 10.1 Å². The van der Waals surface area contributed by atoms with Gasteiger partial charge in [0, 0.05) is 44.1 Å². The van der Waals surface area contributed by atoms with Gasteiger partial charge in [-0.1, -0.05) is 19.3 Å². The third-order valence-electron chi connectivity index (χ3n) is 6.54. The second-order valence-electron chi connectivity index (χ2n) is 8.61. The largest absolute Gasteiger partial charge is 0.381 e. The summed E-state index contributed by atoms with van der Waals surface area (Å²) in [5, 5.41) is 8.99. The Balaban J connectivity index is 1.40. The van der Waals surface area contributed by atoms with Crippen LogP contribution in [0.3, 0.4) is 0 Å². The van der Waals surface area contributed by atoms with E-state index in [0.717, 1.165) is 42.6 Å². The Labute approximate surface area is 182 Å². The van der Waals surface area contributed by atoms with Crippen LogP contribution in [-0.2, 0) is 4.74 Å². The Morgan fingerprint density at radius 1 is 1.17 bits per heavy atom. The molecular weight excluding hydrogens is 398 g/mol. The van der Waals surface area contributed by atoms with Gasteiger partial charge in [0.15, 0.2) is 0 Å². The van der Waals surface area contributed by atoms with Gasteiger partial charge in [-0.05, 0) is 44.6 Å². The van der Waals surface area contributed by atoms with E-state index >= 15 is 0 Å². The topological polar surface area (TPSA) is 80.1 Å². The van der Waals surface area contributed by atoms with Gasteiger partial charge >= 0.3 is 0 Å². The Morgan fingerprint density at radius 3 is 2.77 bits per heavy atom. The fourth-order valence-electron chi connectivity index (χ4n) is 4.74. The van der Waals surface area contributed by atoms with Crippen molar-refractivity contribution >= 4 is 29.4 Å². The lowest BCUT2D eigenvalue weighted by Gasteiger charge is -2.33. The van der Waals surface area contributed by atoms with Crippen molar-refractivity contribution in [1.29, 1.82) is 0 Å². The number of nitrogens with one attached hydrogen (secondary N) is 2. The van der Waals surface area contributed by atoms with Crippen LogP contribution in [0.5, 0.6) is 0 Å². The van der Waals surface area contributed by atoms with Crippen LogP contribution in [-0.4, -0.2) is 46.1 Å². The Bertz CT molecular complexity index is 876. The number of aromatic nitrogens is 4. The van der Waals surface area contributed by atoms with E-state index in [1.165, 1.54) is 37.7 Å². The predicted octanol–water partition coefficient (Wildman–Crippen LogP) is 4.21. The fourth-order valence-corrected chi connectivity index (χ4v) is 5.66. The molecule has 0 aromatic carbocycles. The van der Waals surface area contributed by atoms with E-state index < -0.39 is 0 Å². The highest BCUT2D eigenvalue weighted by atomic mass is 32.2. The van der Waals surface area contributed by atoms with Gasteiger partial charge in [0.1, 0.15) is 10.8 Å². The maximum Gasteiger partial charge on any atom is 0.230 e. The van der Waals surface area contributed by atoms with Crippen LogP contribution < -0.4 is 14.9 Å². The summed E-state index contributed by atoms with van der Waals surface area (Å²) < 4.78 is 11.0. The number of fused-ring (bicyclic) bond motifs is 1. The zero-order valence-corrected chi connectivity index (χ0v) is 18.6. The minimum atomic E-state index is 0.247. The van der Waals surface area contributed by atoms with Crippen molar-refractivity contribution in [3.63, 3.8) is 0 Å². The van der Waals surface area contributed by atoms with Crippen molar-refractivity contribution in [2.45, 2.75) is 75.0 Å². The van der Waals surface area contributed by atoms with E-state index in [1.54, 1.807) is 11.9 Å². The van der Waals surface area contributed by atoms with Crippen LogP contribution in [0.1, 0.15) is 69.5 Å². The summed E-state index contributed by atoms with van der Waals surface area (Å²) in [5.74, 6) is 1.69. The third kappa shape index (κ3) is 4.02. The van der Waals surface area contributed by atoms with Crippen molar-refractivity contribution in [2.75, 3.05) is 30.5 Å². The van der Waals surface area contributed by atoms with Crippen molar-refractivity contribution in [3.8, 4) is 0 Å². The molecule has 1 saturated heterocycles. The number of hydrogen-bond acceptors (Lipinski definition) is 8. The van der Waals surface area contributed by atoms with Crippen molar-refractivity contribution < 1.29 is 4.74 Å². The molecule has 3 aliphatic rings. The first-order chi connectivity index (χ1) is 14.7. The van der Waals surface area contributed by atoms with Gasteiger partial charge in [0.25, 0.3) is 0 Å². The molecule has 4 heterocycles. The summed E-state index contributed by atoms with van der Waals surface area (Å²) in [5.41, 5.74) is 2.15. The smallest absolute Gasteiger partial charge is 0.230 e. The average Bonchev–Trinajstić information content (AvgIpc) is 3.41. The molecule has 0 spiro atoms. The number of anilines is 3. The van der Waals surface area contributed by atoms with E-state index in [2.05, 4.69) is 40.2 Å². The molecule has 0 radical (unpaired) electrons. The number of ether oxygens (including phenoxy) is 1. The second-order valence-corrected chi connectivity index (χ2v) is 9.44. The van der Waals surface area contributed by atoms with Gasteiger partial charge in [-0.15, -0.1) is 0 Å². The Kier molecular flexibility index (Phi) is 5.84. The van der Waals surface area contributed by atoms with E-state index in [1.807, 2.05) is 10.9 Å². The van der Waals surface area contributed by atoms with Crippen LogP contribution in [0, 0.1) is 0 Å². The maximum absolute atomic E-state index is 5.47. The molecule has 2 N–H and O–H groups in total. The summed E-state index contributed by atoms with van der Waals surface area (Å²) in [6, 6.07) is 1.21. The molecule has 5 rings (SSSR count). The van der Waals surface area contributed by atoms with Crippen molar-refractivity contribution in [2.24, 2.45) is 0 Å². The predicted molar refractivity (Wildman–Crippen MR) is 119 cm³/mol. The lowest BCUT2D eigenvalue weighted by Crippen LogP contribution is -2.35. The first kappa shape index (κ1) is 20.1. The lowest BCUT2D eigenvalue weighted by atomic mass is 9.94. The van der Waals surface area contributed by atoms with E-state index in [9.17, 15) is 0 Å². The molecule has 8 nitrogen and oxygen atoms in total. The quantitative estimate of drug-likeness (QED) is 0.540. The normalized spacial score (nSPS) is 22.8. The van der Waals surface area contributed by atoms with Gasteiger partial charge in [0.2, 0.25) is 5.95 Å². The highest BCUT2D eigenvalue weighted by molar-refractivity contribution is 7.97. The third-order valence-corrected chi connectivity index (χ3v) is 7.51. The molecule has 1 aliphatic carbocycles. The minimum Gasteiger partial charge on any atom is -0.381 e. The Hall–Kier alpha value is -1.84. The molecule has 2 aromatic rings. The minimum absolute atomic E-state index is 0.247. The van der Waals surface area contributed by atoms with E-state index in [0.29, 0.717) is 18.0 Å².